The maximum Gasteiger partial charge on any atom is 0.780 e. The lowest BCUT2D eigenvalue weighted by molar-refractivity contribution is -0.369. The maximum absolute atomic E-state index is 6.77. The highest BCUT2D eigenvalue weighted by atomic mass is 16.7. The SMILES string of the molecule is CCCCC(CC)CC1=C2C(C)=CC(C)=[N+]2[B-]2(Oc3ccccc3O2)n2c(C)cc(C)c21. The van der Waals surface area contributed by atoms with Crippen molar-refractivity contribution >= 4 is 18.1 Å². The molecule has 1 spiro atoms. The molecule has 0 saturated heterocycles. The molecule has 3 aliphatic heterocycles. The first kappa shape index (κ1) is 21.2. The number of benzene rings is 1. The van der Waals surface area contributed by atoms with E-state index in [2.05, 4.69) is 62.6 Å². The van der Waals surface area contributed by atoms with Crippen molar-refractivity contribution in [2.24, 2.45) is 5.92 Å². The van der Waals surface area contributed by atoms with Crippen LogP contribution >= 0.6 is 0 Å². The Labute approximate surface area is 192 Å². The number of unbranched alkanes of at least 4 members (excludes halogenated alkanes) is 1. The molecule has 0 saturated carbocycles. The van der Waals surface area contributed by atoms with Crippen LogP contribution in [0.1, 0.15) is 76.8 Å². The Bertz CT molecular complexity index is 1160. The third-order valence-electron chi connectivity index (χ3n) is 7.51. The minimum atomic E-state index is -1.94. The molecule has 4 heterocycles. The first-order chi connectivity index (χ1) is 15.4. The highest BCUT2D eigenvalue weighted by Gasteiger charge is 2.62. The van der Waals surface area contributed by atoms with Crippen molar-refractivity contribution in [2.45, 2.75) is 73.6 Å². The van der Waals surface area contributed by atoms with Gasteiger partial charge in [0, 0.05) is 29.8 Å². The van der Waals surface area contributed by atoms with Gasteiger partial charge in [-0.3, -0.25) is 0 Å². The third-order valence-corrected chi connectivity index (χ3v) is 7.51. The Morgan fingerprint density at radius 1 is 1.03 bits per heavy atom. The van der Waals surface area contributed by atoms with E-state index in [0.717, 1.165) is 17.9 Å². The van der Waals surface area contributed by atoms with E-state index in [1.54, 1.807) is 0 Å². The maximum atomic E-state index is 6.77. The monoisotopic (exact) mass is 430 g/mol. The van der Waals surface area contributed by atoms with Gasteiger partial charge in [-0.25, -0.2) is 0 Å². The lowest BCUT2D eigenvalue weighted by Gasteiger charge is -2.39. The third kappa shape index (κ3) is 2.93. The van der Waals surface area contributed by atoms with Gasteiger partial charge in [0.15, 0.2) is 5.70 Å². The molecule has 1 aromatic heterocycles. The highest BCUT2D eigenvalue weighted by molar-refractivity contribution is 6.62. The number of aryl methyl sites for hydroxylation is 2. The molecule has 0 fully saturated rings. The summed E-state index contributed by atoms with van der Waals surface area (Å²) in [5, 5.41) is 0. The zero-order chi connectivity index (χ0) is 22.6. The Morgan fingerprint density at radius 2 is 1.72 bits per heavy atom. The molecule has 5 rings (SSSR count). The number of hydrogen-bond acceptors (Lipinski definition) is 2. The Morgan fingerprint density at radius 3 is 2.34 bits per heavy atom. The lowest BCUT2D eigenvalue weighted by Crippen LogP contribution is -2.65. The summed E-state index contributed by atoms with van der Waals surface area (Å²) in [6, 6.07) is 10.3. The quantitative estimate of drug-likeness (QED) is 0.481. The van der Waals surface area contributed by atoms with Gasteiger partial charge in [-0.2, -0.15) is 0 Å². The first-order valence-corrected chi connectivity index (χ1v) is 12.3. The molecule has 1 unspecified atom stereocenters. The van der Waals surface area contributed by atoms with Crippen LogP contribution in [0.25, 0.3) is 5.57 Å². The van der Waals surface area contributed by atoms with Crippen LogP contribution in [0.4, 0.5) is 0 Å². The van der Waals surface area contributed by atoms with Gasteiger partial charge in [-0.05, 0) is 62.6 Å². The summed E-state index contributed by atoms with van der Waals surface area (Å²) in [4.78, 5) is 0. The summed E-state index contributed by atoms with van der Waals surface area (Å²) in [6.45, 7) is 11.5. The van der Waals surface area contributed by atoms with E-state index in [-0.39, 0.29) is 0 Å². The smallest absolute Gasteiger partial charge is 0.599 e. The molecule has 4 nitrogen and oxygen atoms in total. The molecule has 0 radical (unpaired) electrons. The van der Waals surface area contributed by atoms with E-state index in [1.807, 2.05) is 24.3 Å². The topological polar surface area (TPSA) is 26.4 Å². The van der Waals surface area contributed by atoms with Gasteiger partial charge in [0.2, 0.25) is 0 Å². The molecule has 1 atom stereocenters. The van der Waals surface area contributed by atoms with Crippen molar-refractivity contribution in [3.63, 3.8) is 0 Å². The molecule has 0 N–H and O–H groups in total. The molecular weight excluding hydrogens is 395 g/mol. The van der Waals surface area contributed by atoms with E-state index >= 15 is 0 Å². The van der Waals surface area contributed by atoms with Crippen LogP contribution in [0.5, 0.6) is 11.5 Å². The van der Waals surface area contributed by atoms with Crippen LogP contribution in [0.3, 0.4) is 0 Å². The standard InChI is InChI=1S/C27H35BN2O2/c1-7-9-12-22(8-2)17-23-26-18(3)15-20(5)29(26)28(30-21(6)16-19(4)27(23)30)31-24-13-10-11-14-25(24)32-28/h10-11,13-16,22H,7-9,12,17H2,1-6H3. The Kier molecular flexibility index (Phi) is 5.11. The number of allylic oxidation sites excluding steroid dienone is 3. The molecular formula is C27H35BN2O2. The van der Waals surface area contributed by atoms with Crippen molar-refractivity contribution in [1.82, 2.24) is 4.48 Å². The molecule has 1 aromatic carbocycles. The van der Waals surface area contributed by atoms with Crippen molar-refractivity contribution in [3.8, 4) is 11.5 Å². The molecule has 0 bridgehead atoms. The number of fused-ring (bicyclic) bond motifs is 5. The number of hydrogen-bond donors (Lipinski definition) is 0. The molecule has 32 heavy (non-hydrogen) atoms. The fourth-order valence-corrected chi connectivity index (χ4v) is 6.11. The summed E-state index contributed by atoms with van der Waals surface area (Å²) in [5.41, 5.74) is 8.99. The number of rotatable bonds is 6. The van der Waals surface area contributed by atoms with Crippen molar-refractivity contribution in [2.75, 3.05) is 0 Å². The average Bonchev–Trinajstić information content (AvgIpc) is 3.39. The molecule has 168 valence electrons. The van der Waals surface area contributed by atoms with E-state index < -0.39 is 6.82 Å². The minimum absolute atomic E-state index is 0.681. The van der Waals surface area contributed by atoms with Crippen LogP contribution in [-0.2, 0) is 0 Å². The minimum Gasteiger partial charge on any atom is -0.599 e. The van der Waals surface area contributed by atoms with Crippen LogP contribution < -0.4 is 9.31 Å². The van der Waals surface area contributed by atoms with Crippen molar-refractivity contribution in [3.05, 3.63) is 64.6 Å². The summed E-state index contributed by atoms with van der Waals surface area (Å²) >= 11 is 0. The summed E-state index contributed by atoms with van der Waals surface area (Å²) in [5.74, 6) is 2.32. The largest absolute Gasteiger partial charge is 0.780 e. The Hall–Kier alpha value is -2.69. The second-order valence-electron chi connectivity index (χ2n) is 9.79. The van der Waals surface area contributed by atoms with Crippen LogP contribution in [0.15, 0.2) is 47.7 Å². The van der Waals surface area contributed by atoms with Crippen LogP contribution in [0, 0.1) is 19.8 Å². The van der Waals surface area contributed by atoms with E-state index in [1.165, 1.54) is 65.2 Å². The van der Waals surface area contributed by atoms with Crippen molar-refractivity contribution in [1.29, 1.82) is 0 Å². The van der Waals surface area contributed by atoms with E-state index in [9.17, 15) is 0 Å². The normalized spacial score (nSPS) is 18.9. The second-order valence-corrected chi connectivity index (χ2v) is 9.79. The summed E-state index contributed by atoms with van der Waals surface area (Å²) < 4.78 is 18.3. The van der Waals surface area contributed by atoms with Crippen LogP contribution in [-0.4, -0.2) is 21.5 Å². The van der Waals surface area contributed by atoms with Gasteiger partial charge in [0.25, 0.3) is 0 Å². The predicted molar refractivity (Wildman–Crippen MR) is 132 cm³/mol. The van der Waals surface area contributed by atoms with Gasteiger partial charge in [-0.15, -0.1) is 0 Å². The highest BCUT2D eigenvalue weighted by Crippen LogP contribution is 2.48. The van der Waals surface area contributed by atoms with Gasteiger partial charge < -0.3 is 18.3 Å². The average molecular weight is 430 g/mol. The van der Waals surface area contributed by atoms with Gasteiger partial charge in [0.05, 0.1) is 0 Å². The second kappa shape index (κ2) is 7.72. The number of nitrogens with zero attached hydrogens (tertiary/aromatic N) is 2. The molecule has 2 aromatic rings. The summed E-state index contributed by atoms with van der Waals surface area (Å²) in [7, 11) is 0. The summed E-state index contributed by atoms with van der Waals surface area (Å²) in [6.07, 6.45) is 8.40. The fraction of sp³-hybridized carbons (Fsp3) is 0.444. The van der Waals surface area contributed by atoms with E-state index in [4.69, 9.17) is 9.31 Å². The van der Waals surface area contributed by atoms with Crippen LogP contribution in [0.2, 0.25) is 0 Å². The molecule has 3 aliphatic rings. The first-order valence-electron chi connectivity index (χ1n) is 12.3. The number of aromatic nitrogens is 1. The van der Waals surface area contributed by atoms with Gasteiger partial charge in [-0.1, -0.05) is 51.7 Å². The molecule has 0 aliphatic carbocycles. The van der Waals surface area contributed by atoms with Gasteiger partial charge >= 0.3 is 6.82 Å². The fourth-order valence-electron chi connectivity index (χ4n) is 6.11. The lowest BCUT2D eigenvalue weighted by atomic mass is 9.77. The zero-order valence-electron chi connectivity index (χ0n) is 20.4. The number of para-hydroxylation sites is 2. The molecule has 0 amide bonds. The Balaban J connectivity index is 1.73. The van der Waals surface area contributed by atoms with Crippen molar-refractivity contribution < 1.29 is 13.8 Å². The van der Waals surface area contributed by atoms with E-state index in [0.29, 0.717) is 5.92 Å². The van der Waals surface area contributed by atoms with Gasteiger partial charge in [0.1, 0.15) is 17.2 Å². The zero-order valence-corrected chi connectivity index (χ0v) is 20.4. The molecule has 5 heteroatoms. The predicted octanol–water partition coefficient (Wildman–Crippen LogP) is 6.62.